The van der Waals surface area contributed by atoms with Crippen LogP contribution in [-0.2, 0) is 11.3 Å². The van der Waals surface area contributed by atoms with Crippen molar-refractivity contribution in [3.8, 4) is 5.75 Å². The predicted octanol–water partition coefficient (Wildman–Crippen LogP) is 3.73. The van der Waals surface area contributed by atoms with Crippen LogP contribution >= 0.6 is 0 Å². The topological polar surface area (TPSA) is 61.9 Å². The van der Waals surface area contributed by atoms with Crippen LogP contribution in [0.1, 0.15) is 30.9 Å². The molecule has 0 radical (unpaired) electrons. The molecule has 158 valence electrons. The second-order valence-corrected chi connectivity index (χ2v) is 8.26. The lowest BCUT2D eigenvalue weighted by Crippen LogP contribution is -2.52. The predicted molar refractivity (Wildman–Crippen MR) is 117 cm³/mol. The number of rotatable bonds is 3. The molecule has 2 aromatic carbocycles. The summed E-state index contributed by atoms with van der Waals surface area (Å²) >= 11 is 0. The number of aryl methyl sites for hydroxylation is 1. The number of carbonyl (C=O) groups excluding carboxylic acids is 2. The summed E-state index contributed by atoms with van der Waals surface area (Å²) in [5.74, 6) is 0.783. The Morgan fingerprint density at radius 1 is 1.10 bits per heavy atom. The minimum atomic E-state index is -0.0505. The molecule has 6 nitrogen and oxygen atoms in total. The summed E-state index contributed by atoms with van der Waals surface area (Å²) in [4.78, 5) is 29.5. The van der Waals surface area contributed by atoms with Gasteiger partial charge in [0.05, 0.1) is 12.2 Å². The first-order valence-electron chi connectivity index (χ1n) is 10.7. The standard InChI is InChI=1S/C24H29N3O3/c1-17-8-9-22-21(14-17)27(16-18(2)30-22)24(29)26-12-10-20(11-13-26)23(28)25-15-19-6-4-3-5-7-19/h3-9,14,18,20H,10-13,15-16H2,1-2H3,(H,25,28)/t18-/m1/s1. The summed E-state index contributed by atoms with van der Waals surface area (Å²) in [6, 6.07) is 15.9. The van der Waals surface area contributed by atoms with Crippen molar-refractivity contribution >= 4 is 17.6 Å². The molecule has 1 fully saturated rings. The van der Waals surface area contributed by atoms with Gasteiger partial charge in [0, 0.05) is 25.6 Å². The van der Waals surface area contributed by atoms with E-state index < -0.39 is 0 Å². The number of anilines is 1. The first-order valence-corrected chi connectivity index (χ1v) is 10.7. The van der Waals surface area contributed by atoms with Crippen LogP contribution in [0.15, 0.2) is 48.5 Å². The molecule has 1 saturated heterocycles. The number of hydrogen-bond donors (Lipinski definition) is 1. The van der Waals surface area contributed by atoms with Gasteiger partial charge in [-0.2, -0.15) is 0 Å². The molecule has 2 aromatic rings. The smallest absolute Gasteiger partial charge is 0.324 e. The van der Waals surface area contributed by atoms with Gasteiger partial charge in [-0.25, -0.2) is 4.79 Å². The maximum atomic E-state index is 13.3. The normalized spacial score (nSPS) is 19.1. The van der Waals surface area contributed by atoms with Crippen LogP contribution in [-0.4, -0.2) is 42.6 Å². The number of piperidine rings is 1. The van der Waals surface area contributed by atoms with E-state index >= 15 is 0 Å². The summed E-state index contributed by atoms with van der Waals surface area (Å²) in [6.07, 6.45) is 1.32. The number of nitrogens with zero attached hydrogens (tertiary/aromatic N) is 2. The second kappa shape index (κ2) is 8.78. The van der Waals surface area contributed by atoms with Gasteiger partial charge in [0.1, 0.15) is 11.9 Å². The second-order valence-electron chi connectivity index (χ2n) is 8.26. The fraction of sp³-hybridized carbons (Fsp3) is 0.417. The highest BCUT2D eigenvalue weighted by molar-refractivity contribution is 5.94. The SMILES string of the molecule is Cc1ccc2c(c1)N(C(=O)N1CCC(C(=O)NCc3ccccc3)CC1)C[C@@H](C)O2. The van der Waals surface area contributed by atoms with Crippen molar-refractivity contribution in [1.82, 2.24) is 10.2 Å². The molecule has 0 spiro atoms. The van der Waals surface area contributed by atoms with Gasteiger partial charge < -0.3 is 15.0 Å². The Labute approximate surface area is 177 Å². The largest absolute Gasteiger partial charge is 0.487 e. The fourth-order valence-electron chi connectivity index (χ4n) is 4.16. The highest BCUT2D eigenvalue weighted by Gasteiger charge is 2.33. The summed E-state index contributed by atoms with van der Waals surface area (Å²) in [6.45, 7) is 6.25. The number of likely N-dealkylation sites (tertiary alicyclic amines) is 1. The van der Waals surface area contributed by atoms with Crippen LogP contribution in [0, 0.1) is 12.8 Å². The number of carbonyl (C=O) groups is 2. The van der Waals surface area contributed by atoms with E-state index in [0.29, 0.717) is 39.0 Å². The van der Waals surface area contributed by atoms with Crippen molar-refractivity contribution in [2.24, 2.45) is 5.92 Å². The van der Waals surface area contributed by atoms with Crippen molar-refractivity contribution in [3.63, 3.8) is 0 Å². The molecule has 4 rings (SSSR count). The number of ether oxygens (including phenoxy) is 1. The first-order chi connectivity index (χ1) is 14.5. The highest BCUT2D eigenvalue weighted by Crippen LogP contribution is 2.35. The van der Waals surface area contributed by atoms with E-state index in [1.807, 2.05) is 72.2 Å². The maximum Gasteiger partial charge on any atom is 0.324 e. The van der Waals surface area contributed by atoms with Gasteiger partial charge in [-0.1, -0.05) is 36.4 Å². The Kier molecular flexibility index (Phi) is 5.93. The monoisotopic (exact) mass is 407 g/mol. The van der Waals surface area contributed by atoms with Crippen LogP contribution in [0.4, 0.5) is 10.5 Å². The zero-order valence-electron chi connectivity index (χ0n) is 17.6. The van der Waals surface area contributed by atoms with Gasteiger partial charge in [-0.3, -0.25) is 9.69 Å². The first kappa shape index (κ1) is 20.3. The quantitative estimate of drug-likeness (QED) is 0.843. The minimum absolute atomic E-state index is 0.000133. The van der Waals surface area contributed by atoms with E-state index in [0.717, 1.165) is 22.6 Å². The minimum Gasteiger partial charge on any atom is -0.487 e. The molecule has 0 unspecified atom stereocenters. The van der Waals surface area contributed by atoms with Crippen LogP contribution in [0.2, 0.25) is 0 Å². The Hall–Kier alpha value is -3.02. The number of urea groups is 1. The average Bonchev–Trinajstić information content (AvgIpc) is 2.77. The van der Waals surface area contributed by atoms with E-state index in [-0.39, 0.29) is 24.0 Å². The summed E-state index contributed by atoms with van der Waals surface area (Å²) in [7, 11) is 0. The van der Waals surface area contributed by atoms with E-state index in [2.05, 4.69) is 5.32 Å². The lowest BCUT2D eigenvalue weighted by molar-refractivity contribution is -0.126. The van der Waals surface area contributed by atoms with Gasteiger partial charge in [0.15, 0.2) is 0 Å². The van der Waals surface area contributed by atoms with Crippen molar-refractivity contribution in [2.45, 2.75) is 39.3 Å². The van der Waals surface area contributed by atoms with E-state index in [1.165, 1.54) is 0 Å². The van der Waals surface area contributed by atoms with E-state index in [9.17, 15) is 9.59 Å². The van der Waals surface area contributed by atoms with Gasteiger partial charge in [0.25, 0.3) is 0 Å². The molecule has 1 atom stereocenters. The number of fused-ring (bicyclic) bond motifs is 1. The lowest BCUT2D eigenvalue weighted by Gasteiger charge is -2.39. The van der Waals surface area contributed by atoms with Crippen molar-refractivity contribution < 1.29 is 14.3 Å². The molecule has 2 heterocycles. The molecule has 2 aliphatic heterocycles. The molecule has 30 heavy (non-hydrogen) atoms. The summed E-state index contributed by atoms with van der Waals surface area (Å²) in [5.41, 5.74) is 3.02. The van der Waals surface area contributed by atoms with Crippen LogP contribution in [0.5, 0.6) is 5.75 Å². The van der Waals surface area contributed by atoms with Gasteiger partial charge in [-0.05, 0) is 49.9 Å². The molecular formula is C24H29N3O3. The lowest BCUT2D eigenvalue weighted by atomic mass is 9.96. The van der Waals surface area contributed by atoms with Crippen LogP contribution in [0.25, 0.3) is 0 Å². The van der Waals surface area contributed by atoms with Crippen LogP contribution < -0.4 is 15.0 Å². The number of amides is 3. The van der Waals surface area contributed by atoms with Crippen molar-refractivity contribution in [3.05, 3.63) is 59.7 Å². The fourth-order valence-corrected chi connectivity index (χ4v) is 4.16. The van der Waals surface area contributed by atoms with Crippen molar-refractivity contribution in [1.29, 1.82) is 0 Å². The molecule has 3 amide bonds. The zero-order valence-corrected chi connectivity index (χ0v) is 17.6. The Morgan fingerprint density at radius 3 is 2.57 bits per heavy atom. The molecule has 0 bridgehead atoms. The Morgan fingerprint density at radius 2 is 1.83 bits per heavy atom. The zero-order chi connectivity index (χ0) is 21.1. The van der Waals surface area contributed by atoms with Gasteiger partial charge >= 0.3 is 6.03 Å². The Balaban J connectivity index is 1.34. The van der Waals surface area contributed by atoms with Crippen LogP contribution in [0.3, 0.4) is 0 Å². The molecule has 2 aliphatic rings. The van der Waals surface area contributed by atoms with E-state index in [4.69, 9.17) is 4.74 Å². The Bertz CT molecular complexity index is 907. The molecule has 0 saturated carbocycles. The number of hydrogen-bond acceptors (Lipinski definition) is 3. The molecule has 1 N–H and O–H groups in total. The molecule has 0 aromatic heterocycles. The molecule has 0 aliphatic carbocycles. The number of nitrogens with one attached hydrogen (secondary N) is 1. The maximum absolute atomic E-state index is 13.3. The third kappa shape index (κ3) is 4.42. The summed E-state index contributed by atoms with van der Waals surface area (Å²) < 4.78 is 5.90. The summed E-state index contributed by atoms with van der Waals surface area (Å²) in [5, 5.41) is 3.03. The molecule has 6 heteroatoms. The highest BCUT2D eigenvalue weighted by atomic mass is 16.5. The number of benzene rings is 2. The third-order valence-corrected chi connectivity index (χ3v) is 5.85. The molecular weight excluding hydrogens is 378 g/mol. The van der Waals surface area contributed by atoms with Gasteiger partial charge in [0.2, 0.25) is 5.91 Å². The van der Waals surface area contributed by atoms with E-state index in [1.54, 1.807) is 0 Å². The average molecular weight is 408 g/mol. The third-order valence-electron chi connectivity index (χ3n) is 5.85. The van der Waals surface area contributed by atoms with Crippen molar-refractivity contribution in [2.75, 3.05) is 24.5 Å². The van der Waals surface area contributed by atoms with Gasteiger partial charge in [-0.15, -0.1) is 0 Å².